The monoisotopic (exact) mass is 398 g/mol. The van der Waals surface area contributed by atoms with Crippen LogP contribution < -0.4 is 16.6 Å². The number of hydrogen-bond donors (Lipinski definition) is 2. The van der Waals surface area contributed by atoms with Crippen LogP contribution in [0.1, 0.15) is 11.3 Å². The number of benzene rings is 1. The summed E-state index contributed by atoms with van der Waals surface area (Å²) in [4.78, 5) is 33.4. The summed E-state index contributed by atoms with van der Waals surface area (Å²) in [5, 5.41) is 3.70. The van der Waals surface area contributed by atoms with Crippen LogP contribution in [-0.4, -0.2) is 23.7 Å². The number of H-pyrrole nitrogens is 1. The van der Waals surface area contributed by atoms with Gasteiger partial charge in [-0.05, 0) is 23.8 Å². The van der Waals surface area contributed by atoms with Gasteiger partial charge in [-0.25, -0.2) is 4.79 Å². The number of halogens is 1. The third-order valence-electron chi connectivity index (χ3n) is 4.75. The second-order valence-electron chi connectivity index (χ2n) is 6.54. The molecule has 1 aromatic carbocycles. The topological polar surface area (TPSA) is 89.6 Å². The van der Waals surface area contributed by atoms with E-state index in [0.717, 1.165) is 5.69 Å². The summed E-state index contributed by atoms with van der Waals surface area (Å²) in [7, 11) is 3.35. The predicted octanol–water partition coefficient (Wildman–Crippen LogP) is 2.08. The number of nitrogens with one attached hydrogen (secondary N) is 2. The summed E-state index contributed by atoms with van der Waals surface area (Å²) >= 11 is 6.21. The lowest BCUT2D eigenvalue weighted by Crippen LogP contribution is -2.39. The number of fused-ring (bicyclic) bond motifs is 1. The summed E-state index contributed by atoms with van der Waals surface area (Å²) in [5.74, 6) is 0.507. The van der Waals surface area contributed by atoms with Gasteiger partial charge in [0.25, 0.3) is 5.56 Å². The number of hydrogen-bond acceptors (Lipinski definition) is 4. The van der Waals surface area contributed by atoms with E-state index in [1.54, 1.807) is 36.9 Å². The SMILES string of the molecule is Cn1c(NCc2ccc[nH]2)nc2c1c(=O)n(Cc1ccccc1Cl)c(=O)n2C. The van der Waals surface area contributed by atoms with E-state index in [9.17, 15) is 9.59 Å². The van der Waals surface area contributed by atoms with Gasteiger partial charge in [0.05, 0.1) is 13.1 Å². The van der Waals surface area contributed by atoms with E-state index in [-0.39, 0.29) is 6.54 Å². The van der Waals surface area contributed by atoms with Gasteiger partial charge in [0.15, 0.2) is 11.2 Å². The third-order valence-corrected chi connectivity index (χ3v) is 5.11. The lowest BCUT2D eigenvalue weighted by Gasteiger charge is -2.10. The molecule has 9 heteroatoms. The normalized spacial score (nSPS) is 11.2. The molecule has 0 unspecified atom stereocenters. The molecule has 3 aromatic heterocycles. The smallest absolute Gasteiger partial charge is 0.332 e. The Labute approximate surface area is 165 Å². The minimum absolute atomic E-state index is 0.0948. The van der Waals surface area contributed by atoms with Crippen molar-refractivity contribution in [1.29, 1.82) is 0 Å². The van der Waals surface area contributed by atoms with E-state index in [4.69, 9.17) is 11.6 Å². The van der Waals surface area contributed by atoms with Crippen molar-refractivity contribution in [3.05, 3.63) is 79.7 Å². The molecule has 8 nitrogen and oxygen atoms in total. The van der Waals surface area contributed by atoms with Crippen LogP contribution in [0.2, 0.25) is 5.02 Å². The molecule has 0 fully saturated rings. The lowest BCUT2D eigenvalue weighted by atomic mass is 10.2. The minimum Gasteiger partial charge on any atom is -0.364 e. The van der Waals surface area contributed by atoms with E-state index >= 15 is 0 Å². The first-order valence-corrected chi connectivity index (χ1v) is 9.11. The number of aromatic amines is 1. The van der Waals surface area contributed by atoms with Crippen LogP contribution in [0.25, 0.3) is 11.2 Å². The number of aryl methyl sites for hydroxylation is 2. The molecule has 0 spiro atoms. The molecule has 0 aliphatic carbocycles. The molecule has 3 heterocycles. The van der Waals surface area contributed by atoms with E-state index in [2.05, 4.69) is 15.3 Å². The summed E-state index contributed by atoms with van der Waals surface area (Å²) in [6.45, 7) is 0.615. The third kappa shape index (κ3) is 3.01. The molecule has 0 aliphatic rings. The molecule has 0 saturated heterocycles. The van der Waals surface area contributed by atoms with Crippen molar-refractivity contribution in [2.45, 2.75) is 13.1 Å². The molecule has 0 radical (unpaired) electrons. The predicted molar refractivity (Wildman–Crippen MR) is 109 cm³/mol. The Morgan fingerprint density at radius 1 is 1.11 bits per heavy atom. The van der Waals surface area contributed by atoms with Gasteiger partial charge in [-0.1, -0.05) is 29.8 Å². The van der Waals surface area contributed by atoms with Crippen molar-refractivity contribution in [3.63, 3.8) is 0 Å². The van der Waals surface area contributed by atoms with Crippen LogP contribution in [0.15, 0.2) is 52.2 Å². The standard InChI is InChI=1S/C19H19ClN6O2/c1-24-15-16(23-18(24)22-10-13-7-5-9-21-13)25(2)19(28)26(17(15)27)11-12-6-3-4-8-14(12)20/h3-9,21H,10-11H2,1-2H3,(H,22,23). The number of aromatic nitrogens is 5. The van der Waals surface area contributed by atoms with Crippen LogP contribution in [0, 0.1) is 0 Å². The van der Waals surface area contributed by atoms with E-state index in [0.29, 0.717) is 34.2 Å². The first-order valence-electron chi connectivity index (χ1n) is 8.73. The summed E-state index contributed by atoms with van der Waals surface area (Å²) in [6.07, 6.45) is 1.84. The molecule has 4 rings (SSSR count). The van der Waals surface area contributed by atoms with E-state index < -0.39 is 11.2 Å². The Kier molecular flexibility index (Phi) is 4.56. The van der Waals surface area contributed by atoms with Crippen LogP contribution in [0.3, 0.4) is 0 Å². The van der Waals surface area contributed by atoms with Crippen LogP contribution in [-0.2, 0) is 27.2 Å². The number of rotatable bonds is 5. The molecule has 0 bridgehead atoms. The van der Waals surface area contributed by atoms with Crippen LogP contribution in [0.4, 0.5) is 5.95 Å². The summed E-state index contributed by atoms with van der Waals surface area (Å²) in [6, 6.07) is 11.0. The molecular formula is C19H19ClN6O2. The highest BCUT2D eigenvalue weighted by molar-refractivity contribution is 6.31. The van der Waals surface area contributed by atoms with Gasteiger partial charge in [0.2, 0.25) is 5.95 Å². The maximum atomic E-state index is 13.1. The van der Waals surface area contributed by atoms with Gasteiger partial charge in [-0.2, -0.15) is 4.98 Å². The Hall–Kier alpha value is -3.26. The average Bonchev–Trinajstić information content (AvgIpc) is 3.31. The van der Waals surface area contributed by atoms with Crippen molar-refractivity contribution in [2.75, 3.05) is 5.32 Å². The quantitative estimate of drug-likeness (QED) is 0.538. The average molecular weight is 399 g/mol. The Balaban J connectivity index is 1.80. The van der Waals surface area contributed by atoms with Crippen LogP contribution >= 0.6 is 11.6 Å². The zero-order chi connectivity index (χ0) is 19.8. The number of imidazole rings is 1. The zero-order valence-electron chi connectivity index (χ0n) is 15.4. The zero-order valence-corrected chi connectivity index (χ0v) is 16.2. The fourth-order valence-corrected chi connectivity index (χ4v) is 3.39. The molecule has 0 aliphatic heterocycles. The molecule has 2 N–H and O–H groups in total. The van der Waals surface area contributed by atoms with Gasteiger partial charge in [-0.15, -0.1) is 0 Å². The Morgan fingerprint density at radius 2 is 1.89 bits per heavy atom. The number of nitrogens with zero attached hydrogens (tertiary/aromatic N) is 4. The van der Waals surface area contributed by atoms with Gasteiger partial charge >= 0.3 is 5.69 Å². The lowest BCUT2D eigenvalue weighted by molar-refractivity contribution is 0.655. The molecule has 28 heavy (non-hydrogen) atoms. The maximum absolute atomic E-state index is 13.1. The Bertz CT molecular complexity index is 1270. The summed E-state index contributed by atoms with van der Waals surface area (Å²) in [5.41, 5.74) is 1.53. The molecule has 4 aromatic rings. The highest BCUT2D eigenvalue weighted by atomic mass is 35.5. The van der Waals surface area contributed by atoms with Crippen molar-refractivity contribution < 1.29 is 0 Å². The molecule has 0 atom stereocenters. The van der Waals surface area contributed by atoms with E-state index in [1.165, 1.54) is 9.13 Å². The van der Waals surface area contributed by atoms with Gasteiger partial charge in [0, 0.05) is 31.0 Å². The Morgan fingerprint density at radius 3 is 2.61 bits per heavy atom. The highest BCUT2D eigenvalue weighted by Crippen LogP contribution is 2.17. The second-order valence-corrected chi connectivity index (χ2v) is 6.95. The molecule has 0 amide bonds. The maximum Gasteiger partial charge on any atom is 0.332 e. The van der Waals surface area contributed by atoms with Crippen molar-refractivity contribution in [2.24, 2.45) is 14.1 Å². The first kappa shape index (κ1) is 18.1. The highest BCUT2D eigenvalue weighted by Gasteiger charge is 2.19. The second kappa shape index (κ2) is 7.05. The van der Waals surface area contributed by atoms with Crippen LogP contribution in [0.5, 0.6) is 0 Å². The summed E-state index contributed by atoms with van der Waals surface area (Å²) < 4.78 is 4.23. The fourth-order valence-electron chi connectivity index (χ4n) is 3.19. The molecule has 0 saturated carbocycles. The van der Waals surface area contributed by atoms with Crippen molar-refractivity contribution in [3.8, 4) is 0 Å². The van der Waals surface area contributed by atoms with Crippen molar-refractivity contribution in [1.82, 2.24) is 23.7 Å². The molecule has 144 valence electrons. The van der Waals surface area contributed by atoms with Gasteiger partial charge in [0.1, 0.15) is 0 Å². The first-order chi connectivity index (χ1) is 13.5. The minimum atomic E-state index is -0.438. The van der Waals surface area contributed by atoms with Gasteiger partial charge in [-0.3, -0.25) is 13.9 Å². The number of anilines is 1. The molecular weight excluding hydrogens is 380 g/mol. The largest absolute Gasteiger partial charge is 0.364 e. The van der Waals surface area contributed by atoms with E-state index in [1.807, 2.05) is 24.4 Å². The fraction of sp³-hybridized carbons (Fsp3) is 0.211. The van der Waals surface area contributed by atoms with Crippen molar-refractivity contribution >= 4 is 28.7 Å². The van der Waals surface area contributed by atoms with Gasteiger partial charge < -0.3 is 14.9 Å².